The molecule has 0 unspecified atom stereocenters. The summed E-state index contributed by atoms with van der Waals surface area (Å²) < 4.78 is 0. The number of hydrogen-bond acceptors (Lipinski definition) is 1. The van der Waals surface area contributed by atoms with E-state index in [-0.39, 0.29) is 6.04 Å². The third-order valence-corrected chi connectivity index (χ3v) is 2.32. The first-order valence-electron chi connectivity index (χ1n) is 5.08. The molecule has 0 saturated carbocycles. The first-order chi connectivity index (χ1) is 6.24. The zero-order valence-electron chi connectivity index (χ0n) is 8.59. The van der Waals surface area contributed by atoms with E-state index in [1.54, 1.807) is 0 Å². The predicted molar refractivity (Wildman–Crippen MR) is 57.7 cm³/mol. The van der Waals surface area contributed by atoms with E-state index in [9.17, 15) is 0 Å². The largest absolute Gasteiger partial charge is 0.324 e. The average Bonchev–Trinajstić information content (AvgIpc) is 2.15. The first-order valence-corrected chi connectivity index (χ1v) is 5.08. The second-order valence-electron chi connectivity index (χ2n) is 3.63. The van der Waals surface area contributed by atoms with Gasteiger partial charge in [-0.3, -0.25) is 0 Å². The van der Waals surface area contributed by atoms with Gasteiger partial charge < -0.3 is 5.73 Å². The molecule has 2 N–H and O–H groups in total. The highest BCUT2D eigenvalue weighted by Crippen LogP contribution is 2.12. The molecular weight excluding hydrogens is 158 g/mol. The molecule has 0 bridgehead atoms. The second kappa shape index (κ2) is 5.03. The fourth-order valence-corrected chi connectivity index (χ4v) is 1.37. The van der Waals surface area contributed by atoms with Gasteiger partial charge in [0.15, 0.2) is 0 Å². The lowest BCUT2D eigenvalue weighted by Gasteiger charge is -2.06. The summed E-state index contributed by atoms with van der Waals surface area (Å²) in [6.07, 6.45) is 3.72. The van der Waals surface area contributed by atoms with E-state index in [0.717, 1.165) is 0 Å². The Labute approximate surface area is 81.0 Å². The number of rotatable bonds is 4. The van der Waals surface area contributed by atoms with Crippen molar-refractivity contribution in [1.82, 2.24) is 0 Å². The Morgan fingerprint density at radius 1 is 1.23 bits per heavy atom. The van der Waals surface area contributed by atoms with Crippen molar-refractivity contribution in [3.05, 3.63) is 35.4 Å². The average molecular weight is 177 g/mol. The Morgan fingerprint density at radius 2 is 1.85 bits per heavy atom. The molecule has 13 heavy (non-hydrogen) atoms. The summed E-state index contributed by atoms with van der Waals surface area (Å²) in [5, 5.41) is 0. The van der Waals surface area contributed by atoms with Crippen molar-refractivity contribution < 1.29 is 0 Å². The van der Waals surface area contributed by atoms with E-state index in [4.69, 9.17) is 5.73 Å². The van der Waals surface area contributed by atoms with Crippen LogP contribution >= 0.6 is 0 Å². The Morgan fingerprint density at radius 3 is 2.31 bits per heavy atom. The van der Waals surface area contributed by atoms with Crippen LogP contribution in [0.3, 0.4) is 0 Å². The fraction of sp³-hybridized carbons (Fsp3) is 0.500. The molecule has 0 fully saturated rings. The molecule has 0 aliphatic carbocycles. The zero-order valence-corrected chi connectivity index (χ0v) is 8.59. The minimum Gasteiger partial charge on any atom is -0.324 e. The van der Waals surface area contributed by atoms with Crippen molar-refractivity contribution in [1.29, 1.82) is 0 Å². The summed E-state index contributed by atoms with van der Waals surface area (Å²) in [5.41, 5.74) is 8.41. The number of nitrogens with two attached hydrogens (primary N) is 1. The lowest BCUT2D eigenvalue weighted by Crippen LogP contribution is -2.04. The monoisotopic (exact) mass is 177 g/mol. The van der Waals surface area contributed by atoms with Gasteiger partial charge in [-0.25, -0.2) is 0 Å². The van der Waals surface area contributed by atoms with E-state index in [1.807, 2.05) is 6.92 Å². The van der Waals surface area contributed by atoms with Crippen LogP contribution in [0.4, 0.5) is 0 Å². The molecule has 0 radical (unpaired) electrons. The molecule has 0 saturated heterocycles. The molecule has 0 aliphatic rings. The van der Waals surface area contributed by atoms with Gasteiger partial charge in [-0.1, -0.05) is 37.6 Å². The quantitative estimate of drug-likeness (QED) is 0.751. The molecular formula is C12H19N. The molecule has 72 valence electrons. The zero-order chi connectivity index (χ0) is 9.68. The summed E-state index contributed by atoms with van der Waals surface area (Å²) in [6, 6.07) is 8.80. The van der Waals surface area contributed by atoms with Crippen LogP contribution in [-0.4, -0.2) is 0 Å². The lowest BCUT2D eigenvalue weighted by atomic mass is 10.0. The molecule has 1 atom stereocenters. The number of benzene rings is 1. The van der Waals surface area contributed by atoms with Crippen LogP contribution in [0.2, 0.25) is 0 Å². The van der Waals surface area contributed by atoms with Crippen LogP contribution in [0.1, 0.15) is 43.9 Å². The van der Waals surface area contributed by atoms with Gasteiger partial charge in [0.05, 0.1) is 0 Å². The lowest BCUT2D eigenvalue weighted by molar-refractivity contribution is 0.789. The van der Waals surface area contributed by atoms with Gasteiger partial charge in [0.2, 0.25) is 0 Å². The molecule has 0 heterocycles. The number of aryl methyl sites for hydroxylation is 1. The highest BCUT2D eigenvalue weighted by atomic mass is 14.6. The van der Waals surface area contributed by atoms with Crippen molar-refractivity contribution in [3.63, 3.8) is 0 Å². The molecule has 1 aromatic rings. The molecule has 0 aliphatic heterocycles. The third kappa shape index (κ3) is 3.19. The van der Waals surface area contributed by atoms with Crippen LogP contribution in [0.25, 0.3) is 0 Å². The summed E-state index contributed by atoms with van der Waals surface area (Å²) in [5.74, 6) is 0. The molecule has 1 aromatic carbocycles. The third-order valence-electron chi connectivity index (χ3n) is 2.32. The predicted octanol–water partition coefficient (Wildman–Crippen LogP) is 3.05. The second-order valence-corrected chi connectivity index (χ2v) is 3.63. The summed E-state index contributed by atoms with van der Waals surface area (Å²) in [6.45, 7) is 4.23. The number of unbranched alkanes of at least 4 members (excludes halogenated alkanes) is 1. The van der Waals surface area contributed by atoms with Crippen molar-refractivity contribution in [2.24, 2.45) is 5.73 Å². The molecule has 0 amide bonds. The van der Waals surface area contributed by atoms with E-state index >= 15 is 0 Å². The minimum atomic E-state index is 0.153. The maximum Gasteiger partial charge on any atom is 0.0266 e. The van der Waals surface area contributed by atoms with Crippen LogP contribution in [0, 0.1) is 0 Å². The highest BCUT2D eigenvalue weighted by molar-refractivity contribution is 5.24. The van der Waals surface area contributed by atoms with Gasteiger partial charge in [-0.15, -0.1) is 0 Å². The SMILES string of the molecule is CCCCc1ccc([C@@H](C)N)cc1. The van der Waals surface area contributed by atoms with Crippen LogP contribution < -0.4 is 5.73 Å². The van der Waals surface area contributed by atoms with Gasteiger partial charge in [-0.2, -0.15) is 0 Å². The summed E-state index contributed by atoms with van der Waals surface area (Å²) in [4.78, 5) is 0. The minimum absolute atomic E-state index is 0.153. The first kappa shape index (κ1) is 10.3. The Balaban J connectivity index is 2.59. The van der Waals surface area contributed by atoms with Crippen LogP contribution in [-0.2, 0) is 6.42 Å². The van der Waals surface area contributed by atoms with E-state index in [0.29, 0.717) is 0 Å². The highest BCUT2D eigenvalue weighted by Gasteiger charge is 1.98. The van der Waals surface area contributed by atoms with E-state index in [2.05, 4.69) is 31.2 Å². The molecule has 0 spiro atoms. The van der Waals surface area contributed by atoms with E-state index < -0.39 is 0 Å². The van der Waals surface area contributed by atoms with Crippen molar-refractivity contribution >= 4 is 0 Å². The van der Waals surface area contributed by atoms with Gasteiger partial charge in [-0.05, 0) is 30.9 Å². The van der Waals surface area contributed by atoms with E-state index in [1.165, 1.54) is 30.4 Å². The standard InChI is InChI=1S/C12H19N/c1-3-4-5-11-6-8-12(9-7-11)10(2)13/h6-10H,3-5,13H2,1-2H3/t10-/m1/s1. The van der Waals surface area contributed by atoms with Gasteiger partial charge in [0.1, 0.15) is 0 Å². The Bertz CT molecular complexity index is 236. The topological polar surface area (TPSA) is 26.0 Å². The summed E-state index contributed by atoms with van der Waals surface area (Å²) in [7, 11) is 0. The molecule has 1 nitrogen and oxygen atoms in total. The van der Waals surface area contributed by atoms with Crippen LogP contribution in [0.5, 0.6) is 0 Å². The van der Waals surface area contributed by atoms with Gasteiger partial charge in [0, 0.05) is 6.04 Å². The van der Waals surface area contributed by atoms with Crippen molar-refractivity contribution in [2.75, 3.05) is 0 Å². The smallest absolute Gasteiger partial charge is 0.0266 e. The normalized spacial score (nSPS) is 12.8. The fourth-order valence-electron chi connectivity index (χ4n) is 1.37. The molecule has 1 heteroatoms. The van der Waals surface area contributed by atoms with Crippen molar-refractivity contribution in [2.45, 2.75) is 39.2 Å². The van der Waals surface area contributed by atoms with Gasteiger partial charge in [0.25, 0.3) is 0 Å². The maximum absolute atomic E-state index is 5.76. The van der Waals surface area contributed by atoms with Crippen molar-refractivity contribution in [3.8, 4) is 0 Å². The Hall–Kier alpha value is -0.820. The Kier molecular flexibility index (Phi) is 3.97. The number of hydrogen-bond donors (Lipinski definition) is 1. The molecule has 1 rings (SSSR count). The summed E-state index contributed by atoms with van der Waals surface area (Å²) >= 11 is 0. The van der Waals surface area contributed by atoms with Gasteiger partial charge >= 0.3 is 0 Å². The molecule has 0 aromatic heterocycles. The maximum atomic E-state index is 5.76. The van der Waals surface area contributed by atoms with Crippen LogP contribution in [0.15, 0.2) is 24.3 Å².